The molecule has 0 N–H and O–H groups in total. The summed E-state index contributed by atoms with van der Waals surface area (Å²) in [5.41, 5.74) is 13.7. The predicted molar refractivity (Wildman–Crippen MR) is 212 cm³/mol. The van der Waals surface area contributed by atoms with Gasteiger partial charge in [0.1, 0.15) is 11.0 Å². The fourth-order valence-electron chi connectivity index (χ4n) is 8.11. The van der Waals surface area contributed by atoms with Gasteiger partial charge in [-0.25, -0.2) is 0 Å². The van der Waals surface area contributed by atoms with Gasteiger partial charge in [0.15, 0.2) is 0 Å². The molecule has 1 aromatic heterocycles. The van der Waals surface area contributed by atoms with E-state index >= 15 is 0 Å². The van der Waals surface area contributed by atoms with E-state index in [2.05, 4.69) is 158 Å². The normalized spacial score (nSPS) is 13.1. The molecule has 4 heteroatoms. The molecule has 0 aliphatic heterocycles. The van der Waals surface area contributed by atoms with Gasteiger partial charge >= 0.3 is 0 Å². The summed E-state index contributed by atoms with van der Waals surface area (Å²) in [5, 5.41) is 14.5. The Labute approximate surface area is 296 Å². The van der Waals surface area contributed by atoms with Crippen molar-refractivity contribution in [3.8, 4) is 27.9 Å². The number of fused-ring (bicyclic) bond motifs is 8. The molecule has 4 nitrogen and oxygen atoms in total. The van der Waals surface area contributed by atoms with Crippen LogP contribution in [0.2, 0.25) is 0 Å². The molecule has 9 aromatic rings. The van der Waals surface area contributed by atoms with Crippen LogP contribution in [-0.2, 0) is 5.41 Å². The van der Waals surface area contributed by atoms with Gasteiger partial charge in [0, 0.05) is 27.7 Å². The first-order valence-corrected chi connectivity index (χ1v) is 17.5. The van der Waals surface area contributed by atoms with E-state index in [0.29, 0.717) is 0 Å². The van der Waals surface area contributed by atoms with Crippen molar-refractivity contribution in [2.75, 3.05) is 4.90 Å². The molecule has 0 bridgehead atoms. The van der Waals surface area contributed by atoms with Crippen molar-refractivity contribution in [1.82, 2.24) is 15.0 Å². The van der Waals surface area contributed by atoms with Crippen LogP contribution in [0.1, 0.15) is 25.0 Å². The number of benzene rings is 8. The lowest BCUT2D eigenvalue weighted by Crippen LogP contribution is -2.16. The zero-order chi connectivity index (χ0) is 34.1. The van der Waals surface area contributed by atoms with Gasteiger partial charge in [0.25, 0.3) is 0 Å². The second-order valence-electron chi connectivity index (χ2n) is 13.9. The van der Waals surface area contributed by atoms with E-state index in [4.69, 9.17) is 10.2 Å². The number of nitrogens with zero attached hydrogens (tertiary/aromatic N) is 4. The maximum absolute atomic E-state index is 5.02. The summed E-state index contributed by atoms with van der Waals surface area (Å²) in [6.07, 6.45) is 0. The summed E-state index contributed by atoms with van der Waals surface area (Å²) in [4.78, 5) is 4.18. The molecule has 51 heavy (non-hydrogen) atoms. The molecule has 0 fully saturated rings. The van der Waals surface area contributed by atoms with Crippen LogP contribution in [0, 0.1) is 0 Å². The van der Waals surface area contributed by atoms with Crippen molar-refractivity contribution in [2.45, 2.75) is 19.3 Å². The van der Waals surface area contributed by atoms with Crippen molar-refractivity contribution in [1.29, 1.82) is 0 Å². The van der Waals surface area contributed by atoms with Crippen LogP contribution in [0.4, 0.5) is 17.1 Å². The highest BCUT2D eigenvalue weighted by Crippen LogP contribution is 2.54. The fourth-order valence-corrected chi connectivity index (χ4v) is 8.11. The zero-order valence-electron chi connectivity index (χ0n) is 28.5. The highest BCUT2D eigenvalue weighted by molar-refractivity contribution is 6.18. The fraction of sp³-hybridized carbons (Fsp3) is 0.0638. The maximum Gasteiger partial charge on any atom is 0.122 e. The zero-order valence-corrected chi connectivity index (χ0v) is 28.5. The molecule has 0 saturated carbocycles. The first kappa shape index (κ1) is 29.4. The SMILES string of the molecule is CC1(C)c2ccccc2-c2c(N(c3ccc(-c4ccccc4)cc3)c3ccc4c(ccc5ccc6nn(-c7ccccc7)nc6c54)c3)cccc21. The average Bonchev–Trinajstić information content (AvgIpc) is 3.73. The van der Waals surface area contributed by atoms with Crippen LogP contribution in [0.25, 0.3) is 60.5 Å². The summed E-state index contributed by atoms with van der Waals surface area (Å²) < 4.78 is 0. The van der Waals surface area contributed by atoms with E-state index in [-0.39, 0.29) is 5.41 Å². The molecule has 0 amide bonds. The van der Waals surface area contributed by atoms with Gasteiger partial charge in [-0.05, 0) is 92.5 Å². The lowest BCUT2D eigenvalue weighted by molar-refractivity contribution is 0.660. The third-order valence-corrected chi connectivity index (χ3v) is 10.6. The minimum atomic E-state index is -0.102. The largest absolute Gasteiger partial charge is 0.310 e. The average molecular weight is 655 g/mol. The molecule has 8 aromatic carbocycles. The van der Waals surface area contributed by atoms with E-state index in [0.717, 1.165) is 49.6 Å². The van der Waals surface area contributed by atoms with Crippen LogP contribution in [0.5, 0.6) is 0 Å². The van der Waals surface area contributed by atoms with Crippen LogP contribution < -0.4 is 4.90 Å². The number of aromatic nitrogens is 3. The number of rotatable bonds is 5. The van der Waals surface area contributed by atoms with Gasteiger partial charge in [0.2, 0.25) is 0 Å². The van der Waals surface area contributed by atoms with Crippen molar-refractivity contribution in [3.63, 3.8) is 0 Å². The van der Waals surface area contributed by atoms with Crippen molar-refractivity contribution >= 4 is 49.6 Å². The summed E-state index contributed by atoms with van der Waals surface area (Å²) in [6, 6.07) is 60.9. The summed E-state index contributed by atoms with van der Waals surface area (Å²) in [5.74, 6) is 0. The van der Waals surface area contributed by atoms with Crippen LogP contribution in [0.3, 0.4) is 0 Å². The second kappa shape index (κ2) is 11.3. The van der Waals surface area contributed by atoms with E-state index in [1.807, 2.05) is 30.3 Å². The van der Waals surface area contributed by atoms with Crippen molar-refractivity contribution < 1.29 is 0 Å². The van der Waals surface area contributed by atoms with Gasteiger partial charge < -0.3 is 4.90 Å². The summed E-state index contributed by atoms with van der Waals surface area (Å²) >= 11 is 0. The van der Waals surface area contributed by atoms with Crippen molar-refractivity contribution in [2.24, 2.45) is 0 Å². The Morgan fingerprint density at radius 2 is 1.20 bits per heavy atom. The third kappa shape index (κ3) is 4.60. The minimum absolute atomic E-state index is 0.102. The molecule has 0 spiro atoms. The molecule has 0 radical (unpaired) electrons. The van der Waals surface area contributed by atoms with E-state index in [1.54, 1.807) is 4.80 Å². The lowest BCUT2D eigenvalue weighted by atomic mass is 9.82. The monoisotopic (exact) mass is 654 g/mol. The minimum Gasteiger partial charge on any atom is -0.310 e. The first-order valence-electron chi connectivity index (χ1n) is 17.5. The molecule has 242 valence electrons. The predicted octanol–water partition coefficient (Wildman–Crippen LogP) is 12.2. The van der Waals surface area contributed by atoms with Gasteiger partial charge in [-0.3, -0.25) is 0 Å². The molecule has 0 unspecified atom stereocenters. The topological polar surface area (TPSA) is 34.0 Å². The summed E-state index contributed by atoms with van der Waals surface area (Å²) in [7, 11) is 0. The third-order valence-electron chi connectivity index (χ3n) is 10.6. The second-order valence-corrected chi connectivity index (χ2v) is 13.9. The van der Waals surface area contributed by atoms with E-state index < -0.39 is 0 Å². The Balaban J connectivity index is 1.18. The molecule has 1 aliphatic rings. The number of hydrogen-bond donors (Lipinski definition) is 0. The maximum atomic E-state index is 5.02. The molecule has 1 aliphatic carbocycles. The van der Waals surface area contributed by atoms with Gasteiger partial charge in [-0.1, -0.05) is 135 Å². The van der Waals surface area contributed by atoms with Crippen LogP contribution >= 0.6 is 0 Å². The molecular formula is C47H34N4. The Morgan fingerprint density at radius 1 is 0.529 bits per heavy atom. The lowest BCUT2D eigenvalue weighted by Gasteiger charge is -2.29. The van der Waals surface area contributed by atoms with E-state index in [9.17, 15) is 0 Å². The Kier molecular flexibility index (Phi) is 6.49. The Bertz CT molecular complexity index is 2760. The molecular weight excluding hydrogens is 621 g/mol. The molecule has 0 atom stereocenters. The molecule has 1 heterocycles. The highest BCUT2D eigenvalue weighted by atomic mass is 15.5. The first-order chi connectivity index (χ1) is 25.0. The Morgan fingerprint density at radius 3 is 2.02 bits per heavy atom. The number of hydrogen-bond acceptors (Lipinski definition) is 3. The standard InChI is InChI=1S/C47H34N4/c1-47(2)40-17-10-9-16-39(40)45-41(47)18-11-19-43(45)50(35-25-22-32(23-26-35)31-12-5-3-6-13-31)37-27-28-38-34(30-37)21-20-33-24-29-42-46(44(33)38)49-51(48-42)36-14-7-4-8-15-36/h3-30H,1-2H3. The number of anilines is 3. The van der Waals surface area contributed by atoms with Crippen LogP contribution in [0.15, 0.2) is 170 Å². The smallest absolute Gasteiger partial charge is 0.122 e. The quantitative estimate of drug-likeness (QED) is 0.173. The summed E-state index contributed by atoms with van der Waals surface area (Å²) in [6.45, 7) is 4.69. The van der Waals surface area contributed by atoms with Gasteiger partial charge in [0.05, 0.1) is 11.4 Å². The molecule has 0 saturated heterocycles. The van der Waals surface area contributed by atoms with Crippen LogP contribution in [-0.4, -0.2) is 15.0 Å². The molecule has 10 rings (SSSR count). The highest BCUT2D eigenvalue weighted by Gasteiger charge is 2.37. The number of para-hydroxylation sites is 1. The van der Waals surface area contributed by atoms with Gasteiger partial charge in [-0.15, -0.1) is 10.2 Å². The van der Waals surface area contributed by atoms with Gasteiger partial charge in [-0.2, -0.15) is 4.80 Å². The Hall–Kier alpha value is -6.52. The van der Waals surface area contributed by atoms with Crippen molar-refractivity contribution in [3.05, 3.63) is 181 Å². The van der Waals surface area contributed by atoms with E-state index in [1.165, 1.54) is 39.1 Å².